The standard InChI is InChI=1S/C29H52O4.H4O5P2/c1-2-3-4-5-6-7-8-9-10-11-12-13-14-15-16-20-23-29(33,27-21-18-17-19-22-27)28(24-30,25-31)26-32;1-6(2)5-7(3)4/h17-19,21-22,30-33H,2-16,20,23-26H2,1H3;1-4H. The largest absolute Gasteiger partial charge is 0.395 e. The molecule has 1 aromatic rings. The van der Waals surface area contributed by atoms with E-state index in [0.29, 0.717) is 12.0 Å². The van der Waals surface area contributed by atoms with Crippen LogP contribution in [0.3, 0.4) is 0 Å². The van der Waals surface area contributed by atoms with Crippen LogP contribution in [0.1, 0.15) is 122 Å². The Kier molecular flexibility index (Phi) is 25.1. The van der Waals surface area contributed by atoms with Gasteiger partial charge in [-0.25, -0.2) is 4.31 Å². The molecule has 236 valence electrons. The lowest BCUT2D eigenvalue weighted by Gasteiger charge is -2.45. The van der Waals surface area contributed by atoms with E-state index in [0.717, 1.165) is 19.3 Å². The summed E-state index contributed by atoms with van der Waals surface area (Å²) in [5.74, 6) is 0. The van der Waals surface area contributed by atoms with Crippen LogP contribution in [0.25, 0.3) is 0 Å². The van der Waals surface area contributed by atoms with Crippen LogP contribution in [-0.2, 0) is 9.91 Å². The van der Waals surface area contributed by atoms with E-state index in [2.05, 4.69) is 11.2 Å². The number of hydrogen-bond donors (Lipinski definition) is 8. The fraction of sp³-hybridized carbons (Fsp3) is 0.793. The summed E-state index contributed by atoms with van der Waals surface area (Å²) in [7, 11) is -5.22. The minimum atomic E-state index is -2.61. The van der Waals surface area contributed by atoms with Crippen LogP contribution < -0.4 is 0 Å². The van der Waals surface area contributed by atoms with Gasteiger partial charge in [-0.3, -0.25) is 0 Å². The van der Waals surface area contributed by atoms with Gasteiger partial charge in [0.2, 0.25) is 0 Å². The number of rotatable bonds is 24. The highest BCUT2D eigenvalue weighted by atomic mass is 31.2. The quantitative estimate of drug-likeness (QED) is 0.0523. The van der Waals surface area contributed by atoms with E-state index in [4.69, 9.17) is 19.6 Å². The summed E-state index contributed by atoms with van der Waals surface area (Å²) in [6.07, 6.45) is 21.0. The fourth-order valence-corrected chi connectivity index (χ4v) is 5.49. The zero-order valence-corrected chi connectivity index (χ0v) is 26.2. The molecule has 0 aliphatic carbocycles. The van der Waals surface area contributed by atoms with Gasteiger partial charge < -0.3 is 40.0 Å². The lowest BCUT2D eigenvalue weighted by Crippen LogP contribution is -2.53. The summed E-state index contributed by atoms with van der Waals surface area (Å²) in [4.78, 5) is 31.3. The summed E-state index contributed by atoms with van der Waals surface area (Å²) < 4.78 is 3.60. The highest BCUT2D eigenvalue weighted by Gasteiger charge is 2.50. The molecule has 0 radical (unpaired) electrons. The Hall–Kier alpha value is -0.280. The maximum atomic E-state index is 11.5. The predicted molar refractivity (Wildman–Crippen MR) is 162 cm³/mol. The molecule has 40 heavy (non-hydrogen) atoms. The summed E-state index contributed by atoms with van der Waals surface area (Å²) >= 11 is 0. The first-order chi connectivity index (χ1) is 19.2. The van der Waals surface area contributed by atoms with Crippen molar-refractivity contribution >= 4 is 17.2 Å². The highest BCUT2D eigenvalue weighted by molar-refractivity contribution is 7.53. The number of hydrogen-bond acceptors (Lipinski definition) is 9. The van der Waals surface area contributed by atoms with Crippen molar-refractivity contribution in [2.75, 3.05) is 19.8 Å². The lowest BCUT2D eigenvalue weighted by atomic mass is 9.67. The summed E-state index contributed by atoms with van der Waals surface area (Å²) in [6, 6.07) is 9.16. The van der Waals surface area contributed by atoms with Gasteiger partial charge in [-0.15, -0.1) is 0 Å². The Bertz CT molecular complexity index is 664. The van der Waals surface area contributed by atoms with Gasteiger partial charge >= 0.3 is 17.2 Å². The van der Waals surface area contributed by atoms with Crippen LogP contribution in [0, 0.1) is 5.41 Å². The first kappa shape index (κ1) is 39.7. The van der Waals surface area contributed by atoms with Crippen molar-refractivity contribution in [1.82, 2.24) is 0 Å². The third kappa shape index (κ3) is 17.0. The van der Waals surface area contributed by atoms with Crippen molar-refractivity contribution in [3.63, 3.8) is 0 Å². The Balaban J connectivity index is 0.00000191. The first-order valence-corrected chi connectivity index (χ1v) is 17.2. The van der Waals surface area contributed by atoms with E-state index in [1.165, 1.54) is 83.5 Å². The van der Waals surface area contributed by atoms with Gasteiger partial charge in [-0.2, -0.15) is 0 Å². The third-order valence-corrected chi connectivity index (χ3v) is 8.74. The second-order valence-corrected chi connectivity index (χ2v) is 12.3. The number of aliphatic hydroxyl groups excluding tert-OH is 3. The molecule has 1 unspecified atom stereocenters. The molecule has 0 spiro atoms. The molecule has 0 amide bonds. The van der Waals surface area contributed by atoms with E-state index in [1.807, 2.05) is 30.3 Å². The summed E-state index contributed by atoms with van der Waals surface area (Å²) in [6.45, 7) is 0.865. The Morgan fingerprint density at radius 3 is 1.23 bits per heavy atom. The number of unbranched alkanes of at least 4 members (excludes halogenated alkanes) is 15. The average molecular weight is 611 g/mol. The van der Waals surface area contributed by atoms with E-state index in [-0.39, 0.29) is 0 Å². The van der Waals surface area contributed by atoms with Gasteiger partial charge in [0, 0.05) is 0 Å². The van der Waals surface area contributed by atoms with E-state index >= 15 is 0 Å². The zero-order chi connectivity index (χ0) is 30.1. The molecule has 0 saturated carbocycles. The molecule has 1 rings (SSSR count). The molecule has 0 bridgehead atoms. The third-order valence-electron chi connectivity index (χ3n) is 7.57. The van der Waals surface area contributed by atoms with E-state index < -0.39 is 48.0 Å². The molecule has 11 heteroatoms. The maximum absolute atomic E-state index is 11.5. The molecule has 0 aliphatic heterocycles. The van der Waals surface area contributed by atoms with Gasteiger partial charge in [-0.1, -0.05) is 140 Å². The smallest absolute Gasteiger partial charge is 0.334 e. The lowest BCUT2D eigenvalue weighted by molar-refractivity contribution is -0.164. The molecule has 0 aromatic heterocycles. The van der Waals surface area contributed by atoms with Crippen molar-refractivity contribution in [3.05, 3.63) is 35.9 Å². The van der Waals surface area contributed by atoms with Gasteiger partial charge in [0.1, 0.15) is 5.60 Å². The molecule has 1 aromatic carbocycles. The topological polar surface area (TPSA) is 171 Å². The van der Waals surface area contributed by atoms with Gasteiger partial charge in [0.05, 0.1) is 25.2 Å². The van der Waals surface area contributed by atoms with Crippen LogP contribution in [0.4, 0.5) is 0 Å². The summed E-state index contributed by atoms with van der Waals surface area (Å²) in [5.41, 5.74) is -2.17. The molecule has 0 saturated heterocycles. The molecule has 0 fully saturated rings. The minimum Gasteiger partial charge on any atom is -0.395 e. The summed E-state index contributed by atoms with van der Waals surface area (Å²) in [5, 5.41) is 41.3. The van der Waals surface area contributed by atoms with Gasteiger partial charge in [0.15, 0.2) is 0 Å². The van der Waals surface area contributed by atoms with Crippen molar-refractivity contribution in [3.8, 4) is 0 Å². The second kappa shape index (κ2) is 25.2. The van der Waals surface area contributed by atoms with Crippen LogP contribution in [0.5, 0.6) is 0 Å². The monoisotopic (exact) mass is 610 g/mol. The molecular weight excluding hydrogens is 554 g/mol. The van der Waals surface area contributed by atoms with E-state index in [1.54, 1.807) is 0 Å². The molecule has 9 nitrogen and oxygen atoms in total. The van der Waals surface area contributed by atoms with Crippen molar-refractivity contribution in [2.45, 2.75) is 122 Å². The first-order valence-electron chi connectivity index (χ1n) is 14.9. The van der Waals surface area contributed by atoms with Gasteiger partial charge in [0.25, 0.3) is 0 Å². The van der Waals surface area contributed by atoms with Crippen LogP contribution >= 0.6 is 17.2 Å². The van der Waals surface area contributed by atoms with Crippen LogP contribution in [-0.4, -0.2) is 59.8 Å². The highest BCUT2D eigenvalue weighted by Crippen LogP contribution is 2.43. The minimum absolute atomic E-state index is 0.414. The molecule has 1 atom stereocenters. The molecule has 8 N–H and O–H groups in total. The van der Waals surface area contributed by atoms with Crippen molar-refractivity contribution in [2.24, 2.45) is 5.41 Å². The van der Waals surface area contributed by atoms with Crippen LogP contribution in [0.2, 0.25) is 0 Å². The van der Waals surface area contributed by atoms with Gasteiger partial charge in [-0.05, 0) is 12.0 Å². The average Bonchev–Trinajstić information content (AvgIpc) is 2.94. The SMILES string of the molecule is CCCCCCCCCCCCCCCCCCC(O)(c1ccccc1)C(CO)(CO)CO.OP(O)OP(O)O. The molecule has 0 heterocycles. The fourth-order valence-electron chi connectivity index (χ4n) is 4.97. The molecular formula is C29H56O9P2. The zero-order valence-electron chi connectivity index (χ0n) is 24.4. The predicted octanol–water partition coefficient (Wildman–Crippen LogP) is 5.92. The maximum Gasteiger partial charge on any atom is 0.334 e. The Labute approximate surface area is 244 Å². The van der Waals surface area contributed by atoms with Crippen LogP contribution in [0.15, 0.2) is 30.3 Å². The molecule has 0 aliphatic rings. The van der Waals surface area contributed by atoms with Crippen molar-refractivity contribution in [1.29, 1.82) is 0 Å². The Morgan fingerprint density at radius 2 is 0.925 bits per heavy atom. The second-order valence-electron chi connectivity index (χ2n) is 10.6. The van der Waals surface area contributed by atoms with E-state index in [9.17, 15) is 20.4 Å². The van der Waals surface area contributed by atoms with Crippen molar-refractivity contribution < 1.29 is 44.3 Å². The Morgan fingerprint density at radius 1 is 0.575 bits per heavy atom. The number of benzene rings is 1. The number of aliphatic hydroxyl groups is 4. The normalized spacial score (nSPS) is 13.4.